The van der Waals surface area contributed by atoms with Crippen LogP contribution in [0.1, 0.15) is 50.3 Å². The van der Waals surface area contributed by atoms with E-state index >= 15 is 0 Å². The van der Waals surface area contributed by atoms with Crippen molar-refractivity contribution >= 4 is 23.3 Å². The molecule has 0 unspecified atom stereocenters. The Hall–Kier alpha value is -4.49. The molecule has 212 valence electrons. The number of nitrogens with zero attached hydrogens (tertiary/aromatic N) is 1. The first-order valence-electron chi connectivity index (χ1n) is 13.3. The summed E-state index contributed by atoms with van der Waals surface area (Å²) in [6, 6.07) is 18.5. The Balaban J connectivity index is 0.000000520. The smallest absolute Gasteiger partial charge is 0.294 e. The molecule has 3 rings (SSSR count). The maximum absolute atomic E-state index is 11.2. The number of nitro groups is 1. The van der Waals surface area contributed by atoms with Crippen LogP contribution in [-0.4, -0.2) is 16.3 Å². The lowest BCUT2D eigenvalue weighted by Crippen LogP contribution is -2.04. The molecule has 0 saturated heterocycles. The first kappa shape index (κ1) is 33.5. The maximum Gasteiger partial charge on any atom is 0.294 e. The molecule has 3 aromatic carbocycles. The van der Waals surface area contributed by atoms with Gasteiger partial charge in [0, 0.05) is 23.9 Å². The third-order valence-corrected chi connectivity index (χ3v) is 5.72. The third kappa shape index (κ3) is 11.5. The van der Waals surface area contributed by atoms with Crippen molar-refractivity contribution in [1.29, 1.82) is 0 Å². The van der Waals surface area contributed by atoms with Crippen LogP contribution in [0.25, 0.3) is 11.1 Å². The van der Waals surface area contributed by atoms with Gasteiger partial charge in [0.15, 0.2) is 0 Å². The number of aliphatic hydroxyl groups is 1. The Morgan fingerprint density at radius 2 is 1.68 bits per heavy atom. The van der Waals surface area contributed by atoms with Gasteiger partial charge in [-0.15, -0.1) is 0 Å². The molecule has 0 aliphatic heterocycles. The van der Waals surface area contributed by atoms with Gasteiger partial charge < -0.3 is 16.2 Å². The van der Waals surface area contributed by atoms with E-state index in [2.05, 4.69) is 24.0 Å². The van der Waals surface area contributed by atoms with Crippen molar-refractivity contribution in [1.82, 2.24) is 0 Å². The second-order valence-corrected chi connectivity index (χ2v) is 8.63. The minimum absolute atomic E-state index is 0.0290. The predicted molar refractivity (Wildman–Crippen MR) is 167 cm³/mol. The summed E-state index contributed by atoms with van der Waals surface area (Å²) in [6.45, 7) is 12.0. The highest BCUT2D eigenvalue weighted by Gasteiger charge is 2.14. The summed E-state index contributed by atoms with van der Waals surface area (Å²) in [7, 11) is 0. The molecule has 0 aliphatic carbocycles. The van der Waals surface area contributed by atoms with Crippen molar-refractivity contribution in [2.75, 3.05) is 11.1 Å². The number of aliphatic hydroxyl groups excluding tert-OH is 1. The zero-order chi connectivity index (χ0) is 29.9. The molecule has 0 bridgehead atoms. The van der Waals surface area contributed by atoms with Crippen molar-refractivity contribution < 1.29 is 14.8 Å². The fourth-order valence-corrected chi connectivity index (χ4v) is 3.55. The standard InChI is InChI=1S/C21H21N3O3.C10H14O.C2H6/c1-14-10-17(16-4-2-15(13-25)3-5-16)6-7-18(14)12-23-20-9-8-19(22)11-21(20)24(26)27;1-3-4-5-6-7-8-10(2)9-11;1-2/h2-11,23,25H,12-13,22H2,1H3;3-4,7-9H,2,5-6H2,1H3;1-2H3/b;4-3-,8-7-;. The number of aryl methyl sites for hydroxylation is 1. The lowest BCUT2D eigenvalue weighted by atomic mass is 9.99. The van der Waals surface area contributed by atoms with Crippen LogP contribution in [0.5, 0.6) is 0 Å². The monoisotopic (exact) mass is 543 g/mol. The number of hydrogen-bond donors (Lipinski definition) is 3. The molecule has 0 spiro atoms. The minimum atomic E-state index is -0.440. The number of nitrogens with two attached hydrogens (primary N) is 1. The van der Waals surface area contributed by atoms with Crippen LogP contribution in [-0.2, 0) is 17.9 Å². The highest BCUT2D eigenvalue weighted by molar-refractivity contribution is 5.76. The molecule has 0 aromatic heterocycles. The molecule has 4 N–H and O–H groups in total. The van der Waals surface area contributed by atoms with Crippen LogP contribution < -0.4 is 11.1 Å². The van der Waals surface area contributed by atoms with E-state index < -0.39 is 4.92 Å². The van der Waals surface area contributed by atoms with Crippen LogP contribution >= 0.6 is 0 Å². The van der Waals surface area contributed by atoms with Gasteiger partial charge in [0.05, 0.1) is 11.5 Å². The van der Waals surface area contributed by atoms with E-state index in [1.807, 2.05) is 76.2 Å². The van der Waals surface area contributed by atoms with Gasteiger partial charge in [-0.2, -0.15) is 0 Å². The second kappa shape index (κ2) is 18.7. The van der Waals surface area contributed by atoms with Crippen molar-refractivity contribution in [3.05, 3.63) is 124 Å². The largest absolute Gasteiger partial charge is 0.399 e. The molecule has 3 aromatic rings. The summed E-state index contributed by atoms with van der Waals surface area (Å²) in [5, 5.41) is 23.5. The summed E-state index contributed by atoms with van der Waals surface area (Å²) >= 11 is 0. The van der Waals surface area contributed by atoms with Gasteiger partial charge in [0.2, 0.25) is 0 Å². The normalized spacial score (nSPS) is 10.3. The van der Waals surface area contributed by atoms with E-state index in [9.17, 15) is 14.9 Å². The summed E-state index contributed by atoms with van der Waals surface area (Å²) in [4.78, 5) is 20.8. The van der Waals surface area contributed by atoms with Crippen LogP contribution in [0, 0.1) is 17.0 Å². The van der Waals surface area contributed by atoms with E-state index in [-0.39, 0.29) is 12.3 Å². The fourth-order valence-electron chi connectivity index (χ4n) is 3.55. The number of anilines is 2. The van der Waals surface area contributed by atoms with Crippen LogP contribution in [0.15, 0.2) is 97.1 Å². The van der Waals surface area contributed by atoms with E-state index in [0.29, 0.717) is 23.5 Å². The number of carbonyl (C=O) groups excluding carboxylic acids is 1. The molecule has 40 heavy (non-hydrogen) atoms. The average molecular weight is 544 g/mol. The van der Waals surface area contributed by atoms with Crippen LogP contribution in [0.4, 0.5) is 17.1 Å². The SMILES string of the molecule is C=C(C=O)/C=C\CC/C=C\C.CC.Cc1cc(-c2ccc(CO)cc2)ccc1CNc1ccc(N)cc1[N+](=O)[O-]. The fraction of sp³-hybridized carbons (Fsp3) is 0.242. The Labute approximate surface area is 237 Å². The molecule has 7 heteroatoms. The minimum Gasteiger partial charge on any atom is -0.399 e. The summed E-state index contributed by atoms with van der Waals surface area (Å²) in [5.41, 5.74) is 12.1. The van der Waals surface area contributed by atoms with Gasteiger partial charge in [-0.05, 0) is 66.6 Å². The number of benzene rings is 3. The zero-order valence-electron chi connectivity index (χ0n) is 23.9. The van der Waals surface area contributed by atoms with Crippen LogP contribution in [0.3, 0.4) is 0 Å². The van der Waals surface area contributed by atoms with Crippen molar-refractivity contribution in [2.45, 2.75) is 53.7 Å². The maximum atomic E-state index is 11.2. The molecule has 0 saturated carbocycles. The van der Waals surface area contributed by atoms with E-state index in [0.717, 1.165) is 46.9 Å². The van der Waals surface area contributed by atoms with Gasteiger partial charge in [0.25, 0.3) is 5.69 Å². The van der Waals surface area contributed by atoms with Crippen molar-refractivity contribution in [2.24, 2.45) is 0 Å². The van der Waals surface area contributed by atoms with Crippen molar-refractivity contribution in [3.63, 3.8) is 0 Å². The van der Waals surface area contributed by atoms with Gasteiger partial charge in [-0.25, -0.2) is 0 Å². The highest BCUT2D eigenvalue weighted by atomic mass is 16.6. The Morgan fingerprint density at radius 3 is 2.25 bits per heavy atom. The number of allylic oxidation sites excluding steroid dienone is 5. The lowest BCUT2D eigenvalue weighted by molar-refractivity contribution is -0.383. The molecule has 0 radical (unpaired) electrons. The number of nitro benzene ring substituents is 1. The third-order valence-electron chi connectivity index (χ3n) is 5.72. The molecule has 7 nitrogen and oxygen atoms in total. The molecular formula is C33H41N3O4. The number of hydrogen-bond acceptors (Lipinski definition) is 6. The summed E-state index contributed by atoms with van der Waals surface area (Å²) in [6.07, 6.45) is 10.6. The zero-order valence-corrected chi connectivity index (χ0v) is 23.9. The highest BCUT2D eigenvalue weighted by Crippen LogP contribution is 2.28. The lowest BCUT2D eigenvalue weighted by Gasteiger charge is -2.12. The number of rotatable bonds is 11. The summed E-state index contributed by atoms with van der Waals surface area (Å²) in [5.74, 6) is 0. The van der Waals surface area contributed by atoms with Gasteiger partial charge in [-0.1, -0.05) is 87.2 Å². The average Bonchev–Trinajstić information content (AvgIpc) is 2.98. The predicted octanol–water partition coefficient (Wildman–Crippen LogP) is 7.94. The van der Waals surface area contributed by atoms with Crippen LogP contribution in [0.2, 0.25) is 0 Å². The molecule has 0 heterocycles. The molecule has 0 fully saturated rings. The van der Waals surface area contributed by atoms with E-state index in [1.54, 1.807) is 18.2 Å². The van der Waals surface area contributed by atoms with Gasteiger partial charge >= 0.3 is 0 Å². The van der Waals surface area contributed by atoms with Crippen molar-refractivity contribution in [3.8, 4) is 11.1 Å². The quantitative estimate of drug-likeness (QED) is 0.0330. The number of nitrogens with one attached hydrogen (secondary N) is 1. The molecular weight excluding hydrogens is 502 g/mol. The first-order valence-corrected chi connectivity index (χ1v) is 13.3. The van der Waals surface area contributed by atoms with E-state index in [4.69, 9.17) is 10.8 Å². The molecule has 0 aliphatic rings. The van der Waals surface area contributed by atoms with E-state index in [1.165, 1.54) is 6.07 Å². The first-order chi connectivity index (χ1) is 19.3. The topological polar surface area (TPSA) is 118 Å². The second-order valence-electron chi connectivity index (χ2n) is 8.63. The number of unbranched alkanes of at least 4 members (excludes halogenated alkanes) is 1. The van der Waals surface area contributed by atoms with Gasteiger partial charge in [-0.3, -0.25) is 14.9 Å². The molecule has 0 amide bonds. The Morgan fingerprint density at radius 1 is 1.02 bits per heavy atom. The van der Waals surface area contributed by atoms with Gasteiger partial charge in [0.1, 0.15) is 12.0 Å². The number of carbonyl (C=O) groups is 1. The summed E-state index contributed by atoms with van der Waals surface area (Å²) < 4.78 is 0. The Kier molecular flexibility index (Phi) is 15.7. The number of nitrogen functional groups attached to an aromatic ring is 1. The number of aldehydes is 1. The molecule has 0 atom stereocenters. The Bertz CT molecular complexity index is 1300.